The van der Waals surface area contributed by atoms with Crippen molar-refractivity contribution in [3.8, 4) is 0 Å². The maximum absolute atomic E-state index is 4.36. The largest absolute Gasteiger partial charge is 0.346 e. The van der Waals surface area contributed by atoms with Crippen molar-refractivity contribution in [3.63, 3.8) is 0 Å². The molecule has 1 saturated carbocycles. The molecule has 0 amide bonds. The molecule has 0 unspecified atom stereocenters. The van der Waals surface area contributed by atoms with Crippen LogP contribution in [0.5, 0.6) is 0 Å². The first-order chi connectivity index (χ1) is 7.84. The van der Waals surface area contributed by atoms with E-state index in [1.807, 2.05) is 12.3 Å². The highest BCUT2D eigenvalue weighted by molar-refractivity contribution is 5.80. The van der Waals surface area contributed by atoms with Crippen LogP contribution in [-0.2, 0) is 0 Å². The van der Waals surface area contributed by atoms with Gasteiger partial charge in [0.25, 0.3) is 0 Å². The lowest BCUT2D eigenvalue weighted by molar-refractivity contribution is 0.349. The molecule has 0 radical (unpaired) electrons. The summed E-state index contributed by atoms with van der Waals surface area (Å²) in [7, 11) is 0. The maximum atomic E-state index is 4.36. The van der Waals surface area contributed by atoms with Crippen LogP contribution in [0.4, 0.5) is 0 Å². The monoisotopic (exact) mass is 214 g/mol. The Morgan fingerprint density at radius 1 is 1.25 bits per heavy atom. The summed E-state index contributed by atoms with van der Waals surface area (Å²) < 4.78 is 0. The summed E-state index contributed by atoms with van der Waals surface area (Å²) in [6.07, 6.45) is 9.44. The molecule has 0 aromatic carbocycles. The summed E-state index contributed by atoms with van der Waals surface area (Å²) in [6, 6.07) is 4.22. The summed E-state index contributed by atoms with van der Waals surface area (Å²) in [5, 5.41) is 1.32. The van der Waals surface area contributed by atoms with Crippen molar-refractivity contribution in [2.24, 2.45) is 5.92 Å². The number of aromatic amines is 1. The Morgan fingerprint density at radius 2 is 2.06 bits per heavy atom. The molecule has 0 saturated heterocycles. The van der Waals surface area contributed by atoms with Gasteiger partial charge in [0.1, 0.15) is 5.65 Å². The highest BCUT2D eigenvalue weighted by Gasteiger charge is 2.21. The normalized spacial score (nSPS) is 26.1. The Hall–Kier alpha value is -1.31. The van der Waals surface area contributed by atoms with Crippen molar-refractivity contribution in [2.45, 2.75) is 38.5 Å². The molecule has 2 nitrogen and oxygen atoms in total. The third-order valence-electron chi connectivity index (χ3n) is 3.94. The number of fused-ring (bicyclic) bond motifs is 1. The van der Waals surface area contributed by atoms with E-state index in [0.29, 0.717) is 0 Å². The first-order valence-electron chi connectivity index (χ1n) is 6.26. The summed E-state index contributed by atoms with van der Waals surface area (Å²) in [4.78, 5) is 7.64. The molecule has 16 heavy (non-hydrogen) atoms. The minimum absolute atomic E-state index is 0.745. The highest BCUT2D eigenvalue weighted by atomic mass is 14.8. The Balaban J connectivity index is 1.94. The van der Waals surface area contributed by atoms with Gasteiger partial charge in [0, 0.05) is 17.8 Å². The molecule has 1 fully saturated rings. The van der Waals surface area contributed by atoms with E-state index < -0.39 is 0 Å². The van der Waals surface area contributed by atoms with Crippen LogP contribution in [0.15, 0.2) is 24.5 Å². The van der Waals surface area contributed by atoms with Crippen LogP contribution in [0.25, 0.3) is 11.0 Å². The number of pyridine rings is 1. The zero-order chi connectivity index (χ0) is 11.0. The number of hydrogen-bond donors (Lipinski definition) is 1. The van der Waals surface area contributed by atoms with Gasteiger partial charge < -0.3 is 4.98 Å². The second-order valence-electron chi connectivity index (χ2n) is 5.10. The molecular weight excluding hydrogens is 196 g/mol. The van der Waals surface area contributed by atoms with Crippen molar-refractivity contribution in [1.29, 1.82) is 0 Å². The number of nitrogens with one attached hydrogen (secondary N) is 1. The van der Waals surface area contributed by atoms with Gasteiger partial charge in [-0.05, 0) is 42.4 Å². The molecule has 2 heteroatoms. The van der Waals surface area contributed by atoms with Crippen LogP contribution in [-0.4, -0.2) is 9.97 Å². The number of H-pyrrole nitrogens is 1. The van der Waals surface area contributed by atoms with Gasteiger partial charge in [0.2, 0.25) is 0 Å². The van der Waals surface area contributed by atoms with Crippen molar-refractivity contribution in [2.75, 3.05) is 0 Å². The van der Waals surface area contributed by atoms with Crippen molar-refractivity contribution in [1.82, 2.24) is 9.97 Å². The van der Waals surface area contributed by atoms with Crippen LogP contribution in [0.1, 0.15) is 44.1 Å². The van der Waals surface area contributed by atoms with Gasteiger partial charge in [-0.2, -0.15) is 0 Å². The highest BCUT2D eigenvalue weighted by Crippen LogP contribution is 2.37. The lowest BCUT2D eigenvalue weighted by atomic mass is 9.79. The van der Waals surface area contributed by atoms with Gasteiger partial charge >= 0.3 is 0 Å². The second-order valence-corrected chi connectivity index (χ2v) is 5.10. The predicted molar refractivity (Wildman–Crippen MR) is 66.5 cm³/mol. The Morgan fingerprint density at radius 3 is 2.88 bits per heavy atom. The smallest absolute Gasteiger partial charge is 0.137 e. The number of aromatic nitrogens is 2. The molecule has 2 aromatic rings. The van der Waals surface area contributed by atoms with Crippen LogP contribution in [0.2, 0.25) is 0 Å². The molecule has 0 atom stereocenters. The van der Waals surface area contributed by atoms with Gasteiger partial charge in [0.05, 0.1) is 0 Å². The van der Waals surface area contributed by atoms with Crippen molar-refractivity contribution >= 4 is 11.0 Å². The van der Waals surface area contributed by atoms with Gasteiger partial charge in [0.15, 0.2) is 0 Å². The Bertz CT molecular complexity index is 478. The zero-order valence-corrected chi connectivity index (χ0v) is 9.74. The summed E-state index contributed by atoms with van der Waals surface area (Å²) in [5.74, 6) is 1.66. The lowest BCUT2D eigenvalue weighted by Crippen LogP contribution is -2.10. The van der Waals surface area contributed by atoms with Crippen LogP contribution < -0.4 is 0 Å². The van der Waals surface area contributed by atoms with Gasteiger partial charge in [-0.3, -0.25) is 0 Å². The van der Waals surface area contributed by atoms with Gasteiger partial charge in [-0.15, -0.1) is 0 Å². The minimum Gasteiger partial charge on any atom is -0.346 e. The first kappa shape index (κ1) is 9.88. The van der Waals surface area contributed by atoms with E-state index in [1.54, 1.807) is 0 Å². The molecule has 84 valence electrons. The molecule has 0 aliphatic heterocycles. The van der Waals surface area contributed by atoms with E-state index in [9.17, 15) is 0 Å². The van der Waals surface area contributed by atoms with E-state index in [0.717, 1.165) is 17.5 Å². The average Bonchev–Trinajstić information content (AvgIpc) is 2.74. The van der Waals surface area contributed by atoms with Crippen LogP contribution in [0.3, 0.4) is 0 Å². The molecule has 2 aromatic heterocycles. The molecule has 1 aliphatic rings. The standard InChI is InChI=1S/C14H18N2/c1-10-4-6-11(7-5-10)13-9-16-14-12(13)3-2-8-15-14/h2-3,8-11H,4-7H2,1H3,(H,15,16). The predicted octanol–water partition coefficient (Wildman–Crippen LogP) is 3.86. The molecule has 1 aliphatic carbocycles. The number of hydrogen-bond acceptors (Lipinski definition) is 1. The summed E-state index contributed by atoms with van der Waals surface area (Å²) in [6.45, 7) is 2.37. The lowest BCUT2D eigenvalue weighted by Gasteiger charge is -2.25. The fourth-order valence-electron chi connectivity index (χ4n) is 2.89. The minimum atomic E-state index is 0.745. The molecule has 2 heterocycles. The molecule has 3 rings (SSSR count). The third kappa shape index (κ3) is 1.62. The topological polar surface area (TPSA) is 28.7 Å². The Labute approximate surface area is 96.1 Å². The van der Waals surface area contributed by atoms with E-state index in [1.165, 1.54) is 36.6 Å². The van der Waals surface area contributed by atoms with E-state index in [2.05, 4.69) is 29.2 Å². The first-order valence-corrected chi connectivity index (χ1v) is 6.26. The van der Waals surface area contributed by atoms with E-state index in [4.69, 9.17) is 0 Å². The Kier molecular flexibility index (Phi) is 2.43. The fourth-order valence-corrected chi connectivity index (χ4v) is 2.89. The maximum Gasteiger partial charge on any atom is 0.137 e. The second kappa shape index (κ2) is 3.93. The van der Waals surface area contributed by atoms with Crippen LogP contribution in [0, 0.1) is 5.92 Å². The molecule has 0 spiro atoms. The average molecular weight is 214 g/mol. The zero-order valence-electron chi connectivity index (χ0n) is 9.74. The van der Waals surface area contributed by atoms with Gasteiger partial charge in [-0.25, -0.2) is 4.98 Å². The van der Waals surface area contributed by atoms with E-state index >= 15 is 0 Å². The molecule has 0 bridgehead atoms. The SMILES string of the molecule is CC1CCC(c2c[nH]c3ncccc23)CC1. The number of rotatable bonds is 1. The van der Waals surface area contributed by atoms with E-state index in [-0.39, 0.29) is 0 Å². The summed E-state index contributed by atoms with van der Waals surface area (Å²) in [5.41, 5.74) is 2.52. The number of nitrogens with zero attached hydrogens (tertiary/aromatic N) is 1. The fraction of sp³-hybridized carbons (Fsp3) is 0.500. The third-order valence-corrected chi connectivity index (χ3v) is 3.94. The molecule has 1 N–H and O–H groups in total. The van der Waals surface area contributed by atoms with Crippen molar-refractivity contribution in [3.05, 3.63) is 30.1 Å². The quantitative estimate of drug-likeness (QED) is 0.767. The van der Waals surface area contributed by atoms with Gasteiger partial charge in [-0.1, -0.05) is 19.8 Å². The van der Waals surface area contributed by atoms with Crippen LogP contribution >= 0.6 is 0 Å². The summed E-state index contributed by atoms with van der Waals surface area (Å²) >= 11 is 0. The molecular formula is C14H18N2. The van der Waals surface area contributed by atoms with Crippen molar-refractivity contribution < 1.29 is 0 Å².